The summed E-state index contributed by atoms with van der Waals surface area (Å²) >= 11 is 0. The number of guanidine groups is 1. The Hall–Kier alpha value is -1.59. The van der Waals surface area contributed by atoms with Crippen molar-refractivity contribution in [3.63, 3.8) is 0 Å². The molecule has 1 amide bonds. The number of ether oxygens (including phenoxy) is 3. The lowest BCUT2D eigenvalue weighted by atomic mass is 9.94. The zero-order valence-corrected chi connectivity index (χ0v) is 21.3. The summed E-state index contributed by atoms with van der Waals surface area (Å²) < 4.78 is 18.1. The number of nitrogens with one attached hydrogen (secondary N) is 2. The Morgan fingerprint density at radius 3 is 2.78 bits per heavy atom. The first-order chi connectivity index (χ1) is 15.0. The van der Waals surface area contributed by atoms with E-state index >= 15 is 0 Å². The largest absolute Gasteiger partial charge is 0.493 e. The van der Waals surface area contributed by atoms with Gasteiger partial charge in [-0.15, -0.1) is 24.0 Å². The highest BCUT2D eigenvalue weighted by Crippen LogP contribution is 2.37. The number of likely N-dealkylation sites (N-methyl/N-ethyl adjacent to an activating group) is 1. The Labute approximate surface area is 207 Å². The maximum absolute atomic E-state index is 12.1. The zero-order chi connectivity index (χ0) is 21.7. The van der Waals surface area contributed by atoms with Crippen molar-refractivity contribution in [2.45, 2.75) is 56.5 Å². The Bertz CT molecular complexity index is 798. The van der Waals surface area contributed by atoms with Crippen LogP contribution in [0.2, 0.25) is 0 Å². The van der Waals surface area contributed by atoms with Crippen LogP contribution < -0.4 is 15.4 Å². The van der Waals surface area contributed by atoms with Gasteiger partial charge in [0.05, 0.1) is 19.3 Å². The minimum absolute atomic E-state index is 0. The molecule has 1 saturated carbocycles. The van der Waals surface area contributed by atoms with Crippen LogP contribution in [0.25, 0.3) is 0 Å². The number of hydrogen-bond donors (Lipinski definition) is 2. The molecule has 1 spiro atoms. The van der Waals surface area contributed by atoms with Gasteiger partial charge in [-0.25, -0.2) is 4.99 Å². The van der Waals surface area contributed by atoms with Gasteiger partial charge in [0, 0.05) is 45.5 Å². The highest BCUT2D eigenvalue weighted by atomic mass is 127. The predicted molar refractivity (Wildman–Crippen MR) is 133 cm³/mol. The number of halogens is 1. The van der Waals surface area contributed by atoms with Crippen molar-refractivity contribution in [1.29, 1.82) is 0 Å². The Kier molecular flexibility index (Phi) is 9.01. The van der Waals surface area contributed by atoms with E-state index in [-0.39, 0.29) is 48.6 Å². The number of aliphatic imine (C=N–C) groups is 1. The molecule has 0 aromatic heterocycles. The average molecular weight is 558 g/mol. The molecule has 178 valence electrons. The van der Waals surface area contributed by atoms with E-state index in [1.807, 2.05) is 18.2 Å². The molecule has 2 unspecified atom stereocenters. The van der Waals surface area contributed by atoms with Crippen molar-refractivity contribution in [2.24, 2.45) is 4.99 Å². The topological polar surface area (TPSA) is 84.4 Å². The van der Waals surface area contributed by atoms with E-state index < -0.39 is 5.79 Å². The fourth-order valence-corrected chi connectivity index (χ4v) is 4.38. The fourth-order valence-electron chi connectivity index (χ4n) is 4.38. The summed E-state index contributed by atoms with van der Waals surface area (Å²) in [5.41, 5.74) is 1.10. The molecule has 32 heavy (non-hydrogen) atoms. The van der Waals surface area contributed by atoms with Gasteiger partial charge in [0.2, 0.25) is 5.91 Å². The molecule has 2 heterocycles. The molecule has 2 atom stereocenters. The van der Waals surface area contributed by atoms with Crippen LogP contribution in [0.3, 0.4) is 0 Å². The maximum atomic E-state index is 12.1. The second kappa shape index (κ2) is 11.5. The van der Waals surface area contributed by atoms with Gasteiger partial charge in [0.25, 0.3) is 0 Å². The number of para-hydroxylation sites is 1. The number of nitrogens with zero attached hydrogens (tertiary/aromatic N) is 2. The van der Waals surface area contributed by atoms with E-state index in [4.69, 9.17) is 14.2 Å². The third-order valence-electron chi connectivity index (χ3n) is 6.17. The third kappa shape index (κ3) is 6.26. The van der Waals surface area contributed by atoms with Gasteiger partial charge in [-0.1, -0.05) is 24.6 Å². The molecule has 0 bridgehead atoms. The number of hydrogen-bond acceptors (Lipinski definition) is 5. The average Bonchev–Trinajstić information content (AvgIpc) is 3.17. The van der Waals surface area contributed by atoms with Crippen LogP contribution in [0, 0.1) is 0 Å². The highest BCUT2D eigenvalue weighted by Gasteiger charge is 2.42. The van der Waals surface area contributed by atoms with Crippen LogP contribution in [0.4, 0.5) is 0 Å². The minimum atomic E-state index is -0.393. The first-order valence-electron chi connectivity index (χ1n) is 11.3. The lowest BCUT2D eigenvalue weighted by Gasteiger charge is -2.32. The van der Waals surface area contributed by atoms with E-state index in [1.165, 1.54) is 6.42 Å². The third-order valence-corrected chi connectivity index (χ3v) is 6.17. The number of carbonyl (C=O) groups is 1. The second-order valence-electron chi connectivity index (χ2n) is 8.73. The van der Waals surface area contributed by atoms with Crippen molar-refractivity contribution < 1.29 is 19.0 Å². The Balaban J connectivity index is 0.00000289. The Morgan fingerprint density at radius 2 is 2.00 bits per heavy atom. The summed E-state index contributed by atoms with van der Waals surface area (Å²) in [6, 6.07) is 8.10. The zero-order valence-electron chi connectivity index (χ0n) is 19.0. The minimum Gasteiger partial charge on any atom is -0.493 e. The van der Waals surface area contributed by atoms with E-state index in [1.54, 1.807) is 19.0 Å². The monoisotopic (exact) mass is 558 g/mol. The summed E-state index contributed by atoms with van der Waals surface area (Å²) in [6.45, 7) is 1.88. The molecule has 1 aliphatic carbocycles. The quantitative estimate of drug-likeness (QED) is 0.329. The van der Waals surface area contributed by atoms with Crippen LogP contribution in [0.15, 0.2) is 29.3 Å². The van der Waals surface area contributed by atoms with Gasteiger partial charge in [0.1, 0.15) is 18.4 Å². The Morgan fingerprint density at radius 1 is 1.22 bits per heavy atom. The summed E-state index contributed by atoms with van der Waals surface area (Å²) in [5.74, 6) is 1.05. The summed E-state index contributed by atoms with van der Waals surface area (Å²) in [4.78, 5) is 18.2. The molecule has 2 fully saturated rings. The van der Waals surface area contributed by atoms with Gasteiger partial charge in [0.15, 0.2) is 11.7 Å². The van der Waals surface area contributed by atoms with Crippen molar-refractivity contribution in [2.75, 3.05) is 40.4 Å². The smallest absolute Gasteiger partial charge is 0.243 e. The highest BCUT2D eigenvalue weighted by molar-refractivity contribution is 14.0. The molecule has 2 aliphatic heterocycles. The molecule has 3 aliphatic rings. The van der Waals surface area contributed by atoms with Crippen molar-refractivity contribution in [3.8, 4) is 5.75 Å². The van der Waals surface area contributed by atoms with E-state index in [0.717, 1.165) is 43.4 Å². The first-order valence-corrected chi connectivity index (χ1v) is 11.3. The number of benzene rings is 1. The maximum Gasteiger partial charge on any atom is 0.243 e. The summed E-state index contributed by atoms with van der Waals surface area (Å²) in [5, 5.41) is 6.87. The predicted octanol–water partition coefficient (Wildman–Crippen LogP) is 2.83. The molecule has 4 rings (SSSR count). The van der Waals surface area contributed by atoms with Gasteiger partial charge in [-0.2, -0.15) is 0 Å². The van der Waals surface area contributed by atoms with E-state index in [0.29, 0.717) is 25.7 Å². The van der Waals surface area contributed by atoms with Gasteiger partial charge in [-0.05, 0) is 18.9 Å². The van der Waals surface area contributed by atoms with Crippen LogP contribution in [0.1, 0.15) is 50.1 Å². The summed E-state index contributed by atoms with van der Waals surface area (Å²) in [7, 11) is 3.47. The molecule has 2 N–H and O–H groups in total. The lowest BCUT2D eigenvalue weighted by molar-refractivity contribution is -0.186. The molecule has 1 saturated heterocycles. The molecule has 1 aromatic rings. The van der Waals surface area contributed by atoms with Crippen molar-refractivity contribution in [1.82, 2.24) is 15.5 Å². The molecule has 1 aromatic carbocycles. The number of fused-ring (bicyclic) bond motifs is 1. The normalized spacial score (nSPS) is 24.1. The van der Waals surface area contributed by atoms with Crippen molar-refractivity contribution >= 4 is 35.8 Å². The van der Waals surface area contributed by atoms with Gasteiger partial charge >= 0.3 is 0 Å². The van der Waals surface area contributed by atoms with Gasteiger partial charge < -0.3 is 29.7 Å². The molecular formula is C23H35IN4O4. The summed E-state index contributed by atoms with van der Waals surface area (Å²) in [6.07, 6.45) is 6.30. The standard InChI is InChI=1S/C23H34N4O4.HI/c1-27(2)21(28)15-25-22(26-19-10-13-29-20-9-5-4-8-18(19)20)24-14-17-16-30-23(31-17)11-6-3-7-12-23;/h4-5,8-9,17,19H,3,6-7,10-16H2,1-2H3,(H2,24,25,26);1H. The van der Waals surface area contributed by atoms with Crippen LogP contribution in [0.5, 0.6) is 5.75 Å². The molecule has 0 radical (unpaired) electrons. The lowest BCUT2D eigenvalue weighted by Crippen LogP contribution is -2.45. The molecular weight excluding hydrogens is 523 g/mol. The van der Waals surface area contributed by atoms with Crippen LogP contribution >= 0.6 is 24.0 Å². The van der Waals surface area contributed by atoms with Crippen LogP contribution in [-0.2, 0) is 14.3 Å². The fraction of sp³-hybridized carbons (Fsp3) is 0.652. The molecule has 9 heteroatoms. The SMILES string of the molecule is CN(C)C(=O)CN=C(NCC1COC2(CCCCC2)O1)NC1CCOc2ccccc21.I. The van der Waals surface area contributed by atoms with Crippen molar-refractivity contribution in [3.05, 3.63) is 29.8 Å². The number of carbonyl (C=O) groups excluding carboxylic acids is 1. The van der Waals surface area contributed by atoms with Crippen LogP contribution in [-0.4, -0.2) is 69.1 Å². The molecule has 8 nitrogen and oxygen atoms in total. The van der Waals surface area contributed by atoms with Gasteiger partial charge in [-0.3, -0.25) is 4.79 Å². The number of amides is 1. The van der Waals surface area contributed by atoms with E-state index in [2.05, 4.69) is 21.7 Å². The number of rotatable bonds is 5. The first kappa shape index (κ1) is 25.0. The van der Waals surface area contributed by atoms with E-state index in [9.17, 15) is 4.79 Å². The second-order valence-corrected chi connectivity index (χ2v) is 8.73.